The highest BCUT2D eigenvalue weighted by Crippen LogP contribution is 2.42. The Hall–Kier alpha value is -5.34. The highest BCUT2D eigenvalue weighted by atomic mass is 15.1. The standard InChI is InChI=1S/C40H30BN/c41-36-22-17-30(18-23-36)31-19-24-37(25-20-31)42(40-14-8-7-13-39(40)32-11-5-2-6-12-32)38-26-21-34-27-33(15-16-35(34)28-38)29-9-3-1-4-10-29/h1-28H,41H2. The number of para-hydroxylation sites is 1. The zero-order chi connectivity index (χ0) is 28.3. The largest absolute Gasteiger partial charge is 0.310 e. The second-order valence-electron chi connectivity index (χ2n) is 10.7. The molecule has 0 aliphatic carbocycles. The van der Waals surface area contributed by atoms with Gasteiger partial charge in [0, 0.05) is 16.9 Å². The number of hydrogen-bond donors (Lipinski definition) is 0. The zero-order valence-corrected chi connectivity index (χ0v) is 23.6. The first kappa shape index (κ1) is 25.6. The Kier molecular flexibility index (Phi) is 6.88. The molecule has 0 saturated heterocycles. The van der Waals surface area contributed by atoms with Gasteiger partial charge in [0.25, 0.3) is 0 Å². The van der Waals surface area contributed by atoms with Crippen molar-refractivity contribution in [3.63, 3.8) is 0 Å². The molecule has 0 saturated carbocycles. The summed E-state index contributed by atoms with van der Waals surface area (Å²) in [7, 11) is 2.13. The second-order valence-corrected chi connectivity index (χ2v) is 10.7. The monoisotopic (exact) mass is 535 g/mol. The van der Waals surface area contributed by atoms with E-state index < -0.39 is 0 Å². The smallest absolute Gasteiger partial charge is 0.139 e. The summed E-state index contributed by atoms with van der Waals surface area (Å²) in [6.07, 6.45) is 0. The molecule has 0 bridgehead atoms. The maximum Gasteiger partial charge on any atom is 0.139 e. The van der Waals surface area contributed by atoms with Crippen LogP contribution in [0.5, 0.6) is 0 Å². The van der Waals surface area contributed by atoms with Crippen LogP contribution in [0.2, 0.25) is 0 Å². The molecule has 0 radical (unpaired) electrons. The molecule has 7 rings (SSSR count). The molecule has 2 heteroatoms. The number of nitrogens with zero attached hydrogens (tertiary/aromatic N) is 1. The van der Waals surface area contributed by atoms with Crippen LogP contribution in [0.15, 0.2) is 170 Å². The van der Waals surface area contributed by atoms with E-state index in [4.69, 9.17) is 0 Å². The van der Waals surface area contributed by atoms with Crippen LogP contribution in [0, 0.1) is 0 Å². The molecule has 7 aromatic rings. The maximum atomic E-state index is 2.38. The average Bonchev–Trinajstić information content (AvgIpc) is 3.06. The number of hydrogen-bond acceptors (Lipinski definition) is 1. The number of benzene rings is 7. The summed E-state index contributed by atoms with van der Waals surface area (Å²) in [5.41, 5.74) is 12.0. The van der Waals surface area contributed by atoms with Crippen molar-refractivity contribution in [2.24, 2.45) is 0 Å². The Labute approximate surface area is 248 Å². The van der Waals surface area contributed by atoms with E-state index in [0.29, 0.717) is 0 Å². The van der Waals surface area contributed by atoms with Crippen molar-refractivity contribution in [3.05, 3.63) is 170 Å². The minimum Gasteiger partial charge on any atom is -0.310 e. The van der Waals surface area contributed by atoms with Gasteiger partial charge in [-0.2, -0.15) is 0 Å². The number of rotatable bonds is 6. The van der Waals surface area contributed by atoms with Crippen molar-refractivity contribution < 1.29 is 0 Å². The zero-order valence-electron chi connectivity index (χ0n) is 23.6. The average molecular weight is 535 g/mol. The van der Waals surface area contributed by atoms with Crippen LogP contribution in [0.1, 0.15) is 0 Å². The molecule has 0 heterocycles. The molecule has 42 heavy (non-hydrogen) atoms. The molecule has 0 atom stereocenters. The summed E-state index contributed by atoms with van der Waals surface area (Å²) in [5, 5.41) is 2.44. The Morgan fingerprint density at radius 1 is 0.357 bits per heavy atom. The first-order valence-electron chi connectivity index (χ1n) is 14.4. The van der Waals surface area contributed by atoms with Gasteiger partial charge in [0.15, 0.2) is 0 Å². The molecule has 0 aromatic heterocycles. The summed E-state index contributed by atoms with van der Waals surface area (Å²) in [6, 6.07) is 61.1. The van der Waals surface area contributed by atoms with E-state index in [0.717, 1.165) is 17.1 Å². The normalized spacial score (nSPS) is 11.0. The number of fused-ring (bicyclic) bond motifs is 1. The predicted octanol–water partition coefficient (Wildman–Crippen LogP) is 9.57. The van der Waals surface area contributed by atoms with Crippen molar-refractivity contribution in [1.82, 2.24) is 0 Å². The molecule has 0 aliphatic rings. The third-order valence-electron chi connectivity index (χ3n) is 7.93. The fraction of sp³-hybridized carbons (Fsp3) is 0. The van der Waals surface area contributed by atoms with Crippen LogP contribution >= 0.6 is 0 Å². The van der Waals surface area contributed by atoms with Crippen LogP contribution in [-0.4, -0.2) is 7.85 Å². The second kappa shape index (κ2) is 11.3. The Morgan fingerprint density at radius 2 is 0.857 bits per heavy atom. The molecule has 0 spiro atoms. The third kappa shape index (κ3) is 5.11. The number of anilines is 3. The van der Waals surface area contributed by atoms with Crippen molar-refractivity contribution >= 4 is 41.1 Å². The van der Waals surface area contributed by atoms with Gasteiger partial charge in [0.05, 0.1) is 5.69 Å². The maximum absolute atomic E-state index is 2.38. The van der Waals surface area contributed by atoms with Crippen molar-refractivity contribution in [2.75, 3.05) is 4.90 Å². The van der Waals surface area contributed by atoms with Gasteiger partial charge >= 0.3 is 0 Å². The van der Waals surface area contributed by atoms with E-state index in [1.54, 1.807) is 0 Å². The van der Waals surface area contributed by atoms with Crippen molar-refractivity contribution in [3.8, 4) is 33.4 Å². The Balaban J connectivity index is 1.36. The minimum absolute atomic E-state index is 1.12. The van der Waals surface area contributed by atoms with E-state index >= 15 is 0 Å². The van der Waals surface area contributed by atoms with E-state index in [-0.39, 0.29) is 0 Å². The SMILES string of the molecule is Bc1ccc(-c2ccc(N(c3ccc4cc(-c5ccccc5)ccc4c3)c3ccccc3-c3ccccc3)cc2)cc1. The highest BCUT2D eigenvalue weighted by Gasteiger charge is 2.17. The van der Waals surface area contributed by atoms with Crippen LogP contribution in [0.4, 0.5) is 17.1 Å². The Bertz CT molecular complexity index is 1960. The summed E-state index contributed by atoms with van der Waals surface area (Å²) < 4.78 is 0. The first-order chi connectivity index (χ1) is 20.7. The molecule has 0 N–H and O–H groups in total. The van der Waals surface area contributed by atoms with Crippen LogP contribution in [-0.2, 0) is 0 Å². The van der Waals surface area contributed by atoms with Crippen molar-refractivity contribution in [1.29, 1.82) is 0 Å². The minimum atomic E-state index is 1.12. The molecular weight excluding hydrogens is 505 g/mol. The highest BCUT2D eigenvalue weighted by molar-refractivity contribution is 6.32. The van der Waals surface area contributed by atoms with Crippen LogP contribution in [0.3, 0.4) is 0 Å². The molecule has 0 unspecified atom stereocenters. The summed E-state index contributed by atoms with van der Waals surface area (Å²) in [6.45, 7) is 0. The van der Waals surface area contributed by atoms with Crippen LogP contribution in [0.25, 0.3) is 44.2 Å². The molecule has 0 fully saturated rings. The van der Waals surface area contributed by atoms with Gasteiger partial charge < -0.3 is 4.90 Å². The molecule has 7 aromatic carbocycles. The lowest BCUT2D eigenvalue weighted by Gasteiger charge is -2.28. The summed E-state index contributed by atoms with van der Waals surface area (Å²) >= 11 is 0. The molecule has 1 nitrogen and oxygen atoms in total. The summed E-state index contributed by atoms with van der Waals surface area (Å²) in [4.78, 5) is 2.38. The lowest BCUT2D eigenvalue weighted by atomic mass is 9.93. The quantitative estimate of drug-likeness (QED) is 0.192. The predicted molar refractivity (Wildman–Crippen MR) is 183 cm³/mol. The van der Waals surface area contributed by atoms with Gasteiger partial charge in [0.2, 0.25) is 0 Å². The fourth-order valence-corrected chi connectivity index (χ4v) is 5.69. The topological polar surface area (TPSA) is 3.24 Å². The lowest BCUT2D eigenvalue weighted by Crippen LogP contribution is -2.11. The van der Waals surface area contributed by atoms with Crippen LogP contribution < -0.4 is 10.4 Å². The fourth-order valence-electron chi connectivity index (χ4n) is 5.69. The van der Waals surface area contributed by atoms with Gasteiger partial charge in [-0.05, 0) is 75.0 Å². The third-order valence-corrected chi connectivity index (χ3v) is 7.93. The molecule has 0 aliphatic heterocycles. The van der Waals surface area contributed by atoms with E-state index in [2.05, 4.69) is 183 Å². The Morgan fingerprint density at radius 3 is 1.57 bits per heavy atom. The van der Waals surface area contributed by atoms with E-state index in [9.17, 15) is 0 Å². The first-order valence-corrected chi connectivity index (χ1v) is 14.4. The van der Waals surface area contributed by atoms with E-state index in [1.807, 2.05) is 0 Å². The molecule has 0 amide bonds. The molecule has 198 valence electrons. The van der Waals surface area contributed by atoms with Gasteiger partial charge in [-0.25, -0.2) is 0 Å². The van der Waals surface area contributed by atoms with Gasteiger partial charge in [-0.3, -0.25) is 0 Å². The van der Waals surface area contributed by atoms with Gasteiger partial charge in [-0.15, -0.1) is 0 Å². The van der Waals surface area contributed by atoms with Gasteiger partial charge in [0.1, 0.15) is 7.85 Å². The van der Waals surface area contributed by atoms with E-state index in [1.165, 1.54) is 49.6 Å². The molecular formula is C40H30BN. The van der Waals surface area contributed by atoms with Crippen molar-refractivity contribution in [2.45, 2.75) is 0 Å². The van der Waals surface area contributed by atoms with Gasteiger partial charge in [-0.1, -0.05) is 139 Å². The lowest BCUT2D eigenvalue weighted by molar-refractivity contribution is 1.29. The summed E-state index contributed by atoms with van der Waals surface area (Å²) in [5.74, 6) is 0.